The fourth-order valence-electron chi connectivity index (χ4n) is 10.3. The molecule has 2 aliphatic carbocycles. The first-order valence-electron chi connectivity index (χ1n) is 19.2. The van der Waals surface area contributed by atoms with Gasteiger partial charge in [0.25, 0.3) is 0 Å². The van der Waals surface area contributed by atoms with Crippen LogP contribution in [-0.2, 0) is 6.42 Å². The topological polar surface area (TPSA) is 9.86 Å². The molecule has 0 N–H and O–H groups in total. The summed E-state index contributed by atoms with van der Waals surface area (Å²) in [5.74, 6) is 0. The van der Waals surface area contributed by atoms with Crippen molar-refractivity contribution in [1.82, 2.24) is 9.13 Å². The normalized spacial score (nSPS) is 12.7. The number of aromatic nitrogens is 2. The number of rotatable bonds is 3. The van der Waals surface area contributed by atoms with Gasteiger partial charge in [-0.25, -0.2) is 0 Å². The van der Waals surface area contributed by atoms with Crippen molar-refractivity contribution in [3.05, 3.63) is 193 Å². The Labute approximate surface area is 317 Å². The maximum atomic E-state index is 2.56. The van der Waals surface area contributed by atoms with Gasteiger partial charge in [0.05, 0.1) is 22.1 Å². The Morgan fingerprint density at radius 1 is 0.345 bits per heavy atom. The molecule has 2 aliphatic rings. The Kier molecular flexibility index (Phi) is 5.71. The van der Waals surface area contributed by atoms with Crippen LogP contribution >= 0.6 is 0 Å². The highest BCUT2D eigenvalue weighted by Crippen LogP contribution is 2.53. The fourth-order valence-corrected chi connectivity index (χ4v) is 10.3. The second kappa shape index (κ2) is 10.7. The van der Waals surface area contributed by atoms with Crippen LogP contribution in [0.25, 0.3) is 110 Å². The number of hydrogen-bond acceptors (Lipinski definition) is 0. The summed E-state index contributed by atoms with van der Waals surface area (Å²) in [6.07, 6.45) is 0.908. The number of benzene rings is 9. The number of para-hydroxylation sites is 3. The SMILES string of the molecule is c1ccc(-n2c3ccccc3c3c2c2c(c4c5ccccc5n(-c5cccc(-c6ccc7c8c(cccc68)-c6ccccc6-7)c5)c43)-c3ccccc3C2)cc1. The van der Waals surface area contributed by atoms with E-state index in [0.29, 0.717) is 0 Å². The van der Waals surface area contributed by atoms with Gasteiger partial charge >= 0.3 is 0 Å². The van der Waals surface area contributed by atoms with E-state index in [4.69, 9.17) is 0 Å². The summed E-state index contributed by atoms with van der Waals surface area (Å²) < 4.78 is 5.09. The molecule has 0 unspecified atom stereocenters. The lowest BCUT2D eigenvalue weighted by Gasteiger charge is -2.15. The second-order valence-electron chi connectivity index (χ2n) is 15.2. The fraction of sp³-hybridized carbons (Fsp3) is 0.0189. The summed E-state index contributed by atoms with van der Waals surface area (Å²) in [6, 6.07) is 67.6. The Morgan fingerprint density at radius 2 is 0.909 bits per heavy atom. The molecule has 0 bridgehead atoms. The van der Waals surface area contributed by atoms with Crippen LogP contribution in [-0.4, -0.2) is 9.13 Å². The predicted octanol–water partition coefficient (Wildman–Crippen LogP) is 13.9. The Hall–Kier alpha value is -7.16. The Morgan fingerprint density at radius 3 is 1.71 bits per heavy atom. The van der Waals surface area contributed by atoms with E-state index < -0.39 is 0 Å². The maximum Gasteiger partial charge on any atom is 0.0647 e. The van der Waals surface area contributed by atoms with Crippen molar-refractivity contribution in [2.75, 3.05) is 0 Å². The average molecular weight is 697 g/mol. The van der Waals surface area contributed by atoms with Crippen molar-refractivity contribution in [1.29, 1.82) is 0 Å². The molecule has 0 fully saturated rings. The van der Waals surface area contributed by atoms with E-state index in [1.54, 1.807) is 0 Å². The van der Waals surface area contributed by atoms with Gasteiger partial charge in [0, 0.05) is 39.3 Å². The molecule has 0 amide bonds. The lowest BCUT2D eigenvalue weighted by Crippen LogP contribution is -1.99. The molecule has 0 aliphatic heterocycles. The van der Waals surface area contributed by atoms with Gasteiger partial charge in [-0.15, -0.1) is 0 Å². The van der Waals surface area contributed by atoms with Crippen LogP contribution in [0.5, 0.6) is 0 Å². The summed E-state index contributed by atoms with van der Waals surface area (Å²) in [6.45, 7) is 0. The highest BCUT2D eigenvalue weighted by Gasteiger charge is 2.32. The van der Waals surface area contributed by atoms with E-state index >= 15 is 0 Å². The van der Waals surface area contributed by atoms with Crippen LogP contribution in [0, 0.1) is 0 Å². The highest BCUT2D eigenvalue weighted by atomic mass is 15.0. The molecule has 0 saturated heterocycles. The van der Waals surface area contributed by atoms with Crippen LogP contribution in [0.2, 0.25) is 0 Å². The first-order valence-corrected chi connectivity index (χ1v) is 19.2. The Balaban J connectivity index is 1.17. The monoisotopic (exact) mass is 696 g/mol. The zero-order valence-electron chi connectivity index (χ0n) is 29.9. The van der Waals surface area contributed by atoms with Crippen LogP contribution in [0.1, 0.15) is 11.1 Å². The molecular weight excluding hydrogens is 665 g/mol. The third-order valence-electron chi connectivity index (χ3n) is 12.5. The molecule has 2 heterocycles. The van der Waals surface area contributed by atoms with Gasteiger partial charge in [-0.3, -0.25) is 0 Å². The van der Waals surface area contributed by atoms with Gasteiger partial charge in [0.1, 0.15) is 0 Å². The van der Waals surface area contributed by atoms with E-state index in [1.807, 2.05) is 0 Å². The minimum absolute atomic E-state index is 0.908. The van der Waals surface area contributed by atoms with Crippen molar-refractivity contribution in [2.45, 2.75) is 6.42 Å². The minimum Gasteiger partial charge on any atom is -0.309 e. The first kappa shape index (κ1) is 29.3. The Bertz CT molecular complexity index is 3420. The average Bonchev–Trinajstić information content (AvgIpc) is 3.99. The standard InChI is InChI=1S/C53H32N2/c1-2-16-34(17-3-1)54-47-27-11-9-23-44(47)51-52(54)45-31-33-14-4-5-19-37(33)49(45)50-43-22-8-10-26-46(43)55(53(50)51)35-18-12-15-32(30-35)36-28-29-42-39-21-7-6-20-38(39)41-25-13-24-40(36)48(41)42/h1-30H,31H2. The number of fused-ring (bicyclic) bond motifs is 15. The van der Waals surface area contributed by atoms with Gasteiger partial charge < -0.3 is 9.13 Å². The lowest BCUT2D eigenvalue weighted by molar-refractivity contribution is 1.15. The summed E-state index contributed by atoms with van der Waals surface area (Å²) in [7, 11) is 0. The van der Waals surface area contributed by atoms with Gasteiger partial charge in [-0.1, -0.05) is 146 Å². The van der Waals surface area contributed by atoms with Crippen LogP contribution in [0.4, 0.5) is 0 Å². The molecular formula is C53H32N2. The van der Waals surface area contributed by atoms with Crippen molar-refractivity contribution in [3.8, 4) is 55.9 Å². The molecule has 9 aromatic carbocycles. The summed E-state index contributed by atoms with van der Waals surface area (Å²) in [4.78, 5) is 0. The van der Waals surface area contributed by atoms with Gasteiger partial charge in [0.15, 0.2) is 0 Å². The largest absolute Gasteiger partial charge is 0.309 e. The maximum absolute atomic E-state index is 2.56. The second-order valence-corrected chi connectivity index (χ2v) is 15.2. The number of nitrogens with zero attached hydrogens (tertiary/aromatic N) is 2. The molecule has 11 aromatic rings. The van der Waals surface area contributed by atoms with Crippen LogP contribution in [0.3, 0.4) is 0 Å². The third kappa shape index (κ3) is 3.78. The highest BCUT2D eigenvalue weighted by molar-refractivity contribution is 6.31. The van der Waals surface area contributed by atoms with Crippen molar-refractivity contribution in [2.24, 2.45) is 0 Å². The van der Waals surface area contributed by atoms with E-state index in [-0.39, 0.29) is 0 Å². The zero-order valence-corrected chi connectivity index (χ0v) is 29.9. The smallest absolute Gasteiger partial charge is 0.0647 e. The van der Waals surface area contributed by atoms with E-state index in [0.717, 1.165) is 6.42 Å². The summed E-state index contributed by atoms with van der Waals surface area (Å²) >= 11 is 0. The number of hydrogen-bond donors (Lipinski definition) is 0. The molecule has 0 radical (unpaired) electrons. The third-order valence-corrected chi connectivity index (χ3v) is 12.5. The molecule has 254 valence electrons. The van der Waals surface area contributed by atoms with Crippen LogP contribution in [0.15, 0.2) is 182 Å². The molecule has 2 heteroatoms. The molecule has 2 aromatic heterocycles. The molecule has 0 spiro atoms. The van der Waals surface area contributed by atoms with Crippen molar-refractivity contribution >= 4 is 54.4 Å². The van der Waals surface area contributed by atoms with E-state index in [9.17, 15) is 0 Å². The van der Waals surface area contributed by atoms with Gasteiger partial charge in [-0.05, 0) is 103 Å². The molecule has 0 saturated carbocycles. The summed E-state index contributed by atoms with van der Waals surface area (Å²) in [5, 5.41) is 7.87. The minimum atomic E-state index is 0.908. The molecule has 13 rings (SSSR count). The van der Waals surface area contributed by atoms with Gasteiger partial charge in [-0.2, -0.15) is 0 Å². The van der Waals surface area contributed by atoms with E-state index in [1.165, 1.54) is 121 Å². The molecule has 0 atom stereocenters. The molecule has 2 nitrogen and oxygen atoms in total. The zero-order chi connectivity index (χ0) is 35.8. The molecule has 55 heavy (non-hydrogen) atoms. The lowest BCUT2D eigenvalue weighted by atomic mass is 9.94. The first-order chi connectivity index (χ1) is 27.3. The van der Waals surface area contributed by atoms with Crippen molar-refractivity contribution in [3.63, 3.8) is 0 Å². The summed E-state index contributed by atoms with van der Waals surface area (Å²) in [5.41, 5.74) is 20.7. The van der Waals surface area contributed by atoms with Gasteiger partial charge in [0.2, 0.25) is 0 Å². The van der Waals surface area contributed by atoms with Crippen molar-refractivity contribution < 1.29 is 0 Å². The quantitative estimate of drug-likeness (QED) is 0.174. The van der Waals surface area contributed by atoms with E-state index in [2.05, 4.69) is 191 Å². The van der Waals surface area contributed by atoms with Crippen LogP contribution < -0.4 is 0 Å². The predicted molar refractivity (Wildman–Crippen MR) is 231 cm³/mol.